The fourth-order valence-electron chi connectivity index (χ4n) is 3.45. The van der Waals surface area contributed by atoms with Gasteiger partial charge >= 0.3 is 0 Å². The lowest BCUT2D eigenvalue weighted by Gasteiger charge is -2.20. The molecule has 0 saturated heterocycles. The molecule has 39 heavy (non-hydrogen) atoms. The van der Waals surface area contributed by atoms with Gasteiger partial charge in [0.25, 0.3) is 11.8 Å². The van der Waals surface area contributed by atoms with Gasteiger partial charge in [-0.3, -0.25) is 9.59 Å². The van der Waals surface area contributed by atoms with Crippen LogP contribution in [0.15, 0.2) is 64.2 Å². The Bertz CT molecular complexity index is 1350. The molecule has 0 heterocycles. The van der Waals surface area contributed by atoms with Crippen LogP contribution in [0.2, 0.25) is 15.1 Å². The van der Waals surface area contributed by atoms with Gasteiger partial charge in [0.05, 0.1) is 17.3 Å². The second kappa shape index (κ2) is 14.6. The van der Waals surface area contributed by atoms with E-state index in [0.717, 1.165) is 5.56 Å². The van der Waals surface area contributed by atoms with Crippen molar-refractivity contribution < 1.29 is 19.1 Å². The average molecular weight is 656 g/mol. The van der Waals surface area contributed by atoms with E-state index in [1.54, 1.807) is 54.6 Å². The summed E-state index contributed by atoms with van der Waals surface area (Å²) < 4.78 is 12.4. The molecule has 0 aliphatic heterocycles. The number of hydrogen-bond acceptors (Lipinski definition) is 5. The Labute approximate surface area is 250 Å². The Morgan fingerprint density at radius 1 is 1.00 bits per heavy atom. The first-order chi connectivity index (χ1) is 18.6. The number of nitrogens with zero attached hydrogens (tertiary/aromatic N) is 1. The van der Waals surface area contributed by atoms with Crippen molar-refractivity contribution in [1.82, 2.24) is 10.7 Å². The predicted molar refractivity (Wildman–Crippen MR) is 159 cm³/mol. The van der Waals surface area contributed by atoms with Crippen molar-refractivity contribution in [3.63, 3.8) is 0 Å². The van der Waals surface area contributed by atoms with E-state index < -0.39 is 11.9 Å². The minimum absolute atomic E-state index is 0.180. The number of benzene rings is 3. The van der Waals surface area contributed by atoms with Gasteiger partial charge in [-0.2, -0.15) is 5.10 Å². The molecule has 0 aliphatic carbocycles. The van der Waals surface area contributed by atoms with Crippen LogP contribution in [0.3, 0.4) is 0 Å². The van der Waals surface area contributed by atoms with Crippen LogP contribution in [0.25, 0.3) is 0 Å². The summed E-state index contributed by atoms with van der Waals surface area (Å²) in [6.07, 6.45) is 1.48. The number of carbonyl (C=O) groups is 2. The summed E-state index contributed by atoms with van der Waals surface area (Å²) in [7, 11) is 0. The summed E-state index contributed by atoms with van der Waals surface area (Å²) in [5, 5.41) is 8.39. The Balaban J connectivity index is 1.69. The molecule has 0 aliphatic rings. The molecule has 0 bridgehead atoms. The fourth-order valence-corrected chi connectivity index (χ4v) is 4.62. The minimum atomic E-state index is -0.800. The van der Waals surface area contributed by atoms with Crippen molar-refractivity contribution in [3.05, 3.63) is 90.8 Å². The molecule has 0 saturated carbocycles. The summed E-state index contributed by atoms with van der Waals surface area (Å²) in [6, 6.07) is 14.3. The van der Waals surface area contributed by atoms with Crippen molar-refractivity contribution in [3.8, 4) is 11.5 Å². The zero-order valence-electron chi connectivity index (χ0n) is 21.4. The molecule has 206 valence electrons. The highest BCUT2D eigenvalue weighted by Crippen LogP contribution is 2.37. The number of hydrazone groups is 1. The third-order valence-electron chi connectivity index (χ3n) is 5.45. The zero-order chi connectivity index (χ0) is 28.5. The molecule has 11 heteroatoms. The first-order valence-corrected chi connectivity index (χ1v) is 13.9. The smallest absolute Gasteiger partial charge is 0.262 e. The van der Waals surface area contributed by atoms with E-state index in [4.69, 9.17) is 44.3 Å². The monoisotopic (exact) mass is 653 g/mol. The predicted octanol–water partition coefficient (Wildman–Crippen LogP) is 7.29. The van der Waals surface area contributed by atoms with Gasteiger partial charge in [0.1, 0.15) is 12.6 Å². The lowest BCUT2D eigenvalue weighted by molar-refractivity contribution is -0.123. The van der Waals surface area contributed by atoms with E-state index in [-0.39, 0.29) is 18.4 Å². The van der Waals surface area contributed by atoms with Crippen LogP contribution < -0.4 is 20.2 Å². The topological polar surface area (TPSA) is 89.0 Å². The molecular weight excluding hydrogens is 629 g/mol. The van der Waals surface area contributed by atoms with Crippen LogP contribution in [-0.4, -0.2) is 30.7 Å². The van der Waals surface area contributed by atoms with Gasteiger partial charge in [-0.15, -0.1) is 0 Å². The molecule has 0 aromatic heterocycles. The second-order valence-corrected chi connectivity index (χ2v) is 10.9. The van der Waals surface area contributed by atoms with Crippen molar-refractivity contribution >= 4 is 68.8 Å². The van der Waals surface area contributed by atoms with Crippen molar-refractivity contribution in [2.75, 3.05) is 6.61 Å². The number of ether oxygens (including phenoxy) is 2. The molecule has 0 spiro atoms. The molecule has 1 unspecified atom stereocenters. The van der Waals surface area contributed by atoms with Crippen LogP contribution >= 0.6 is 50.7 Å². The third-order valence-corrected chi connectivity index (χ3v) is 6.88. The van der Waals surface area contributed by atoms with Crippen molar-refractivity contribution in [1.29, 1.82) is 0 Å². The second-order valence-electron chi connectivity index (χ2n) is 8.72. The highest BCUT2D eigenvalue weighted by molar-refractivity contribution is 9.10. The molecule has 0 fully saturated rings. The lowest BCUT2D eigenvalue weighted by Crippen LogP contribution is -2.48. The summed E-state index contributed by atoms with van der Waals surface area (Å²) >= 11 is 21.7. The van der Waals surface area contributed by atoms with Gasteiger partial charge in [-0.05, 0) is 82.9 Å². The number of carbonyl (C=O) groups excluding carboxylic acids is 2. The fraction of sp³-hybridized carbons (Fsp3) is 0.250. The normalized spacial score (nSPS) is 11.9. The molecular formula is C28H27BrCl3N3O4. The SMILES string of the molecule is CCOc1cc(/C=N/NC(=O)C(NC(=O)c2ccc(Cl)cc2)C(C)C)cc(Br)c1OCc1ccc(Cl)cc1Cl. The minimum Gasteiger partial charge on any atom is -0.490 e. The van der Waals surface area contributed by atoms with Crippen molar-refractivity contribution in [2.24, 2.45) is 11.0 Å². The van der Waals surface area contributed by atoms with Gasteiger partial charge < -0.3 is 14.8 Å². The molecule has 2 N–H and O–H groups in total. The summed E-state index contributed by atoms with van der Waals surface area (Å²) in [5.41, 5.74) is 4.32. The van der Waals surface area contributed by atoms with Gasteiger partial charge in [0.2, 0.25) is 0 Å². The standard InChI is InChI=1S/C28H27BrCl3N3O4/c1-4-38-24-12-17(11-22(29)26(24)39-15-19-7-10-21(31)13-23(19)32)14-33-35-28(37)25(16(2)3)34-27(36)18-5-8-20(30)9-6-18/h5-14,16,25H,4,15H2,1-3H3,(H,34,36)(H,35,37)/b33-14+. The molecule has 0 radical (unpaired) electrons. The van der Waals surface area contributed by atoms with Crippen LogP contribution in [0.1, 0.15) is 42.3 Å². The largest absolute Gasteiger partial charge is 0.490 e. The highest BCUT2D eigenvalue weighted by atomic mass is 79.9. The van der Waals surface area contributed by atoms with Gasteiger partial charge in [-0.25, -0.2) is 5.43 Å². The van der Waals surface area contributed by atoms with E-state index in [0.29, 0.717) is 48.8 Å². The van der Waals surface area contributed by atoms with Gasteiger partial charge in [0, 0.05) is 26.2 Å². The first kappa shape index (κ1) is 30.8. The maximum Gasteiger partial charge on any atom is 0.262 e. The number of halogens is 4. The zero-order valence-corrected chi connectivity index (χ0v) is 25.3. The van der Waals surface area contributed by atoms with E-state index in [1.807, 2.05) is 20.8 Å². The summed E-state index contributed by atoms with van der Waals surface area (Å²) in [4.78, 5) is 25.4. The number of nitrogens with one attached hydrogen (secondary N) is 2. The van der Waals surface area contributed by atoms with Crippen LogP contribution in [0.5, 0.6) is 11.5 Å². The number of hydrogen-bond donors (Lipinski definition) is 2. The van der Waals surface area contributed by atoms with Gasteiger partial charge in [-0.1, -0.05) is 54.7 Å². The number of rotatable bonds is 11. The Kier molecular flexibility index (Phi) is 11.5. The third kappa shape index (κ3) is 8.86. The highest BCUT2D eigenvalue weighted by Gasteiger charge is 2.24. The first-order valence-electron chi connectivity index (χ1n) is 12.0. The lowest BCUT2D eigenvalue weighted by atomic mass is 10.0. The molecule has 1 atom stereocenters. The Morgan fingerprint density at radius 3 is 2.33 bits per heavy atom. The van der Waals surface area contributed by atoms with Crippen molar-refractivity contribution in [2.45, 2.75) is 33.4 Å². The van der Waals surface area contributed by atoms with Crippen LogP contribution in [0.4, 0.5) is 0 Å². The van der Waals surface area contributed by atoms with Crippen LogP contribution in [-0.2, 0) is 11.4 Å². The Morgan fingerprint density at radius 2 is 1.69 bits per heavy atom. The quantitative estimate of drug-likeness (QED) is 0.168. The molecule has 2 amide bonds. The molecule has 7 nitrogen and oxygen atoms in total. The average Bonchev–Trinajstić information content (AvgIpc) is 2.88. The maximum absolute atomic E-state index is 12.8. The molecule has 3 aromatic carbocycles. The molecule has 3 aromatic rings. The van der Waals surface area contributed by atoms with E-state index in [9.17, 15) is 9.59 Å². The molecule has 3 rings (SSSR count). The van der Waals surface area contributed by atoms with E-state index in [2.05, 4.69) is 31.8 Å². The summed E-state index contributed by atoms with van der Waals surface area (Å²) in [6.45, 7) is 6.13. The van der Waals surface area contributed by atoms with E-state index in [1.165, 1.54) is 6.21 Å². The maximum atomic E-state index is 12.8. The van der Waals surface area contributed by atoms with E-state index >= 15 is 0 Å². The number of amides is 2. The summed E-state index contributed by atoms with van der Waals surface area (Å²) in [5.74, 6) is -0.0349. The van der Waals surface area contributed by atoms with Gasteiger partial charge in [0.15, 0.2) is 11.5 Å². The Hall–Kier alpha value is -2.78. The van der Waals surface area contributed by atoms with Crippen LogP contribution in [0, 0.1) is 5.92 Å².